The van der Waals surface area contributed by atoms with Gasteiger partial charge in [0.2, 0.25) is 5.91 Å². The third-order valence-electron chi connectivity index (χ3n) is 3.93. The first kappa shape index (κ1) is 32.1. The second-order valence-corrected chi connectivity index (χ2v) is 10.5. The molecule has 0 aromatic rings. The molecular formula is C24H53NO3. The first-order valence-electron chi connectivity index (χ1n) is 11.1. The SMILES string of the molecule is CC.CC(C)(C)OCCO.CC(C)CCC(C)(C)CC(C)(C)NC(=O)C(C)C. The third-order valence-corrected chi connectivity index (χ3v) is 3.93. The number of carbonyl (C=O) groups excluding carboxylic acids is 1. The lowest BCUT2D eigenvalue weighted by Crippen LogP contribution is -2.47. The molecule has 1 amide bonds. The number of ether oxygens (including phenoxy) is 1. The summed E-state index contributed by atoms with van der Waals surface area (Å²) in [4.78, 5) is 11.8. The van der Waals surface area contributed by atoms with E-state index in [0.29, 0.717) is 6.61 Å². The lowest BCUT2D eigenvalue weighted by molar-refractivity contribution is -0.125. The van der Waals surface area contributed by atoms with Gasteiger partial charge in [0.15, 0.2) is 0 Å². The number of amides is 1. The standard InChI is InChI=1S/C16H33NO.C6H14O2.C2H6/c1-12(2)9-10-15(5,6)11-16(7,8)17-14(18)13(3)4;1-6(2,3)8-5-4-7;1-2/h12-13H,9-11H2,1-8H3,(H,17,18);7H,4-5H2,1-3H3;1-2H3. The molecule has 0 atom stereocenters. The maximum atomic E-state index is 11.8. The fourth-order valence-corrected chi connectivity index (χ4v) is 2.84. The van der Waals surface area contributed by atoms with Gasteiger partial charge < -0.3 is 15.2 Å². The molecule has 0 unspecified atom stereocenters. The van der Waals surface area contributed by atoms with E-state index in [2.05, 4.69) is 46.9 Å². The molecule has 2 N–H and O–H groups in total. The Bertz CT molecular complexity index is 380. The topological polar surface area (TPSA) is 58.6 Å². The first-order chi connectivity index (χ1) is 12.5. The van der Waals surface area contributed by atoms with Crippen LogP contribution in [0.2, 0.25) is 0 Å². The van der Waals surface area contributed by atoms with E-state index in [9.17, 15) is 4.79 Å². The predicted octanol–water partition coefficient (Wildman–Crippen LogP) is 6.21. The minimum Gasteiger partial charge on any atom is -0.394 e. The second-order valence-electron chi connectivity index (χ2n) is 10.5. The Balaban J connectivity index is -0.000000522. The van der Waals surface area contributed by atoms with Crippen molar-refractivity contribution in [3.63, 3.8) is 0 Å². The van der Waals surface area contributed by atoms with Crippen LogP contribution in [0.3, 0.4) is 0 Å². The van der Waals surface area contributed by atoms with E-state index in [1.54, 1.807) is 0 Å². The van der Waals surface area contributed by atoms with Gasteiger partial charge in [0.1, 0.15) is 0 Å². The van der Waals surface area contributed by atoms with Gasteiger partial charge in [-0.2, -0.15) is 0 Å². The van der Waals surface area contributed by atoms with Crippen molar-refractivity contribution in [2.24, 2.45) is 17.3 Å². The van der Waals surface area contributed by atoms with E-state index in [1.807, 2.05) is 48.5 Å². The van der Waals surface area contributed by atoms with Gasteiger partial charge in [0.25, 0.3) is 0 Å². The largest absolute Gasteiger partial charge is 0.394 e. The van der Waals surface area contributed by atoms with Crippen molar-refractivity contribution < 1.29 is 14.6 Å². The van der Waals surface area contributed by atoms with Crippen molar-refractivity contribution in [2.75, 3.05) is 13.2 Å². The molecule has 0 heterocycles. The van der Waals surface area contributed by atoms with E-state index < -0.39 is 0 Å². The molecule has 0 rings (SSSR count). The molecule has 0 aromatic heterocycles. The summed E-state index contributed by atoms with van der Waals surface area (Å²) >= 11 is 0. The highest BCUT2D eigenvalue weighted by Gasteiger charge is 2.30. The second kappa shape index (κ2) is 15.3. The van der Waals surface area contributed by atoms with Crippen molar-refractivity contribution in [3.05, 3.63) is 0 Å². The van der Waals surface area contributed by atoms with Gasteiger partial charge in [0.05, 0.1) is 18.8 Å². The Hall–Kier alpha value is -0.610. The van der Waals surface area contributed by atoms with Crippen molar-refractivity contribution in [1.29, 1.82) is 0 Å². The van der Waals surface area contributed by atoms with Crippen LogP contribution < -0.4 is 5.32 Å². The van der Waals surface area contributed by atoms with Gasteiger partial charge in [-0.05, 0) is 58.8 Å². The predicted molar refractivity (Wildman–Crippen MR) is 124 cm³/mol. The molecule has 0 spiro atoms. The average molecular weight is 404 g/mol. The summed E-state index contributed by atoms with van der Waals surface area (Å²) in [6.45, 7) is 27.7. The van der Waals surface area contributed by atoms with Crippen molar-refractivity contribution in [3.8, 4) is 0 Å². The summed E-state index contributed by atoms with van der Waals surface area (Å²) in [6.07, 6.45) is 3.48. The number of hydrogen-bond acceptors (Lipinski definition) is 3. The lowest BCUT2D eigenvalue weighted by atomic mass is 9.76. The van der Waals surface area contributed by atoms with E-state index >= 15 is 0 Å². The molecule has 0 aliphatic rings. The smallest absolute Gasteiger partial charge is 0.222 e. The zero-order valence-corrected chi connectivity index (χ0v) is 21.5. The molecule has 0 bridgehead atoms. The average Bonchev–Trinajstić information content (AvgIpc) is 2.51. The van der Waals surface area contributed by atoms with Gasteiger partial charge in [-0.25, -0.2) is 0 Å². The van der Waals surface area contributed by atoms with Crippen LogP contribution in [-0.2, 0) is 9.53 Å². The molecule has 4 nitrogen and oxygen atoms in total. The van der Waals surface area contributed by atoms with E-state index in [1.165, 1.54) is 12.8 Å². The molecule has 0 saturated heterocycles. The number of rotatable bonds is 9. The van der Waals surface area contributed by atoms with Gasteiger partial charge in [0, 0.05) is 11.5 Å². The minimum absolute atomic E-state index is 0.0584. The van der Waals surface area contributed by atoms with E-state index in [-0.39, 0.29) is 35.0 Å². The fourth-order valence-electron chi connectivity index (χ4n) is 2.84. The Kier molecular flexibility index (Phi) is 17.5. The summed E-state index contributed by atoms with van der Waals surface area (Å²) in [6, 6.07) is 0. The maximum Gasteiger partial charge on any atom is 0.222 e. The summed E-state index contributed by atoms with van der Waals surface area (Å²) in [5.41, 5.74) is 0.0442. The maximum absolute atomic E-state index is 11.8. The number of aliphatic hydroxyl groups is 1. The van der Waals surface area contributed by atoms with Crippen LogP contribution in [0, 0.1) is 17.3 Å². The Labute approximate surface area is 177 Å². The lowest BCUT2D eigenvalue weighted by Gasteiger charge is -2.36. The molecule has 4 heteroatoms. The monoisotopic (exact) mass is 403 g/mol. The first-order valence-corrected chi connectivity index (χ1v) is 11.1. The van der Waals surface area contributed by atoms with Crippen LogP contribution in [0.1, 0.15) is 109 Å². The molecule has 28 heavy (non-hydrogen) atoms. The van der Waals surface area contributed by atoms with Gasteiger partial charge in [-0.15, -0.1) is 0 Å². The molecule has 0 radical (unpaired) electrons. The highest BCUT2D eigenvalue weighted by atomic mass is 16.5. The molecular weight excluding hydrogens is 350 g/mol. The van der Waals surface area contributed by atoms with Crippen molar-refractivity contribution in [2.45, 2.75) is 120 Å². The summed E-state index contributed by atoms with van der Waals surface area (Å²) in [5, 5.41) is 11.5. The van der Waals surface area contributed by atoms with Gasteiger partial charge >= 0.3 is 0 Å². The highest BCUT2D eigenvalue weighted by molar-refractivity contribution is 5.78. The van der Waals surface area contributed by atoms with Gasteiger partial charge in [-0.3, -0.25) is 4.79 Å². The minimum atomic E-state index is -0.123. The quantitative estimate of drug-likeness (QED) is 0.481. The number of carbonyl (C=O) groups is 1. The van der Waals surface area contributed by atoms with E-state index in [0.717, 1.165) is 12.3 Å². The molecule has 172 valence electrons. The molecule has 0 aliphatic heterocycles. The third kappa shape index (κ3) is 23.4. The Morgan fingerprint density at radius 2 is 1.43 bits per heavy atom. The summed E-state index contributed by atoms with van der Waals surface area (Å²) < 4.78 is 5.13. The molecule has 0 aromatic carbocycles. The van der Waals surface area contributed by atoms with Crippen LogP contribution in [-0.4, -0.2) is 35.4 Å². The molecule has 0 fully saturated rings. The number of hydrogen-bond donors (Lipinski definition) is 2. The molecule has 0 saturated carbocycles. The zero-order valence-electron chi connectivity index (χ0n) is 21.5. The highest BCUT2D eigenvalue weighted by Crippen LogP contribution is 2.33. The van der Waals surface area contributed by atoms with Crippen LogP contribution in [0.25, 0.3) is 0 Å². The molecule has 0 aliphatic carbocycles. The van der Waals surface area contributed by atoms with Crippen LogP contribution in [0.5, 0.6) is 0 Å². The summed E-state index contributed by atoms with van der Waals surface area (Å²) in [5.74, 6) is 0.959. The summed E-state index contributed by atoms with van der Waals surface area (Å²) in [7, 11) is 0. The normalized spacial score (nSPS) is 12.1. The fraction of sp³-hybridized carbons (Fsp3) is 0.958. The van der Waals surface area contributed by atoms with Gasteiger partial charge in [-0.1, -0.05) is 61.8 Å². The number of nitrogens with one attached hydrogen (secondary N) is 1. The van der Waals surface area contributed by atoms with Crippen molar-refractivity contribution in [1.82, 2.24) is 5.32 Å². The van der Waals surface area contributed by atoms with Crippen LogP contribution in [0.4, 0.5) is 0 Å². The van der Waals surface area contributed by atoms with Crippen LogP contribution in [0.15, 0.2) is 0 Å². The Morgan fingerprint density at radius 1 is 0.964 bits per heavy atom. The Morgan fingerprint density at radius 3 is 1.71 bits per heavy atom. The zero-order chi connectivity index (χ0) is 23.2. The van der Waals surface area contributed by atoms with E-state index in [4.69, 9.17) is 9.84 Å². The van der Waals surface area contributed by atoms with Crippen molar-refractivity contribution >= 4 is 5.91 Å². The number of aliphatic hydroxyl groups excluding tert-OH is 1. The van der Waals surface area contributed by atoms with Crippen LogP contribution >= 0.6 is 0 Å².